The summed E-state index contributed by atoms with van der Waals surface area (Å²) < 4.78 is 3.15. The van der Waals surface area contributed by atoms with Crippen LogP contribution in [0.15, 0.2) is 89.7 Å². The fourth-order valence-electron chi connectivity index (χ4n) is 3.82. The summed E-state index contributed by atoms with van der Waals surface area (Å²) in [5.74, 6) is 1.18. The first-order valence-electron chi connectivity index (χ1n) is 11.1. The fourth-order valence-corrected chi connectivity index (χ4v) is 3.82. The van der Waals surface area contributed by atoms with Gasteiger partial charge in [0, 0.05) is 5.56 Å². The Hall–Kier alpha value is -4.59. The number of tetrazole rings is 1. The first-order chi connectivity index (χ1) is 16.7. The molecule has 0 bridgehead atoms. The quantitative estimate of drug-likeness (QED) is 0.399. The molecule has 0 aliphatic carbocycles. The van der Waals surface area contributed by atoms with Crippen molar-refractivity contribution in [1.29, 1.82) is 0 Å². The predicted molar refractivity (Wildman–Crippen MR) is 131 cm³/mol. The van der Waals surface area contributed by atoms with Crippen LogP contribution in [0.1, 0.15) is 24.7 Å². The molecule has 0 spiro atoms. The van der Waals surface area contributed by atoms with E-state index in [-0.39, 0.29) is 5.69 Å². The number of rotatable bonds is 7. The third kappa shape index (κ3) is 4.21. The van der Waals surface area contributed by atoms with Gasteiger partial charge in [0.25, 0.3) is 0 Å². The average molecular weight is 450 g/mol. The Morgan fingerprint density at radius 2 is 1.65 bits per heavy atom. The predicted octanol–water partition coefficient (Wildman–Crippen LogP) is 4.35. The Balaban J connectivity index is 1.48. The van der Waals surface area contributed by atoms with Crippen LogP contribution < -0.4 is 5.69 Å². The fraction of sp³-hybridized carbons (Fsp3) is 0.115. The van der Waals surface area contributed by atoms with Crippen LogP contribution in [0.4, 0.5) is 0 Å². The van der Waals surface area contributed by atoms with E-state index in [1.807, 2.05) is 91.0 Å². The number of hydrogen-bond acceptors (Lipinski definition) is 5. The monoisotopic (exact) mass is 449 g/mol. The van der Waals surface area contributed by atoms with Crippen molar-refractivity contribution in [1.82, 2.24) is 35.0 Å². The summed E-state index contributed by atoms with van der Waals surface area (Å²) in [5, 5.41) is 19.0. The minimum absolute atomic E-state index is 0.173. The van der Waals surface area contributed by atoms with Crippen LogP contribution in [-0.2, 0) is 6.54 Å². The third-order valence-electron chi connectivity index (χ3n) is 5.51. The van der Waals surface area contributed by atoms with E-state index in [0.29, 0.717) is 18.2 Å². The van der Waals surface area contributed by atoms with E-state index in [9.17, 15) is 4.79 Å². The molecule has 0 aliphatic rings. The molecule has 3 aromatic carbocycles. The van der Waals surface area contributed by atoms with Gasteiger partial charge in [-0.2, -0.15) is 9.90 Å². The molecule has 0 saturated heterocycles. The van der Waals surface area contributed by atoms with Crippen LogP contribution in [0.3, 0.4) is 0 Å². The van der Waals surface area contributed by atoms with Crippen molar-refractivity contribution in [3.8, 4) is 28.2 Å². The zero-order chi connectivity index (χ0) is 23.3. The highest BCUT2D eigenvalue weighted by Gasteiger charge is 2.14. The van der Waals surface area contributed by atoms with Crippen molar-refractivity contribution >= 4 is 6.08 Å². The van der Waals surface area contributed by atoms with Crippen LogP contribution in [-0.4, -0.2) is 35.0 Å². The second kappa shape index (κ2) is 9.50. The smallest absolute Gasteiger partial charge is 0.271 e. The normalized spacial score (nSPS) is 11.3. The molecule has 34 heavy (non-hydrogen) atoms. The molecule has 5 rings (SSSR count). The number of nitrogens with zero attached hydrogens (tertiary/aromatic N) is 6. The maximum Gasteiger partial charge on any atom is 0.351 e. The molecule has 0 unspecified atom stereocenters. The van der Waals surface area contributed by atoms with Crippen molar-refractivity contribution in [2.45, 2.75) is 19.9 Å². The van der Waals surface area contributed by atoms with Crippen molar-refractivity contribution in [3.05, 3.63) is 107 Å². The summed E-state index contributed by atoms with van der Waals surface area (Å²) >= 11 is 0. The number of benzene rings is 3. The van der Waals surface area contributed by atoms with Crippen LogP contribution in [0.25, 0.3) is 34.3 Å². The highest BCUT2D eigenvalue weighted by molar-refractivity contribution is 5.80. The number of para-hydroxylation sites is 1. The van der Waals surface area contributed by atoms with E-state index in [0.717, 1.165) is 34.4 Å². The number of nitrogens with one attached hydrogen (secondary N) is 1. The molecule has 8 nitrogen and oxygen atoms in total. The maximum absolute atomic E-state index is 13.2. The lowest BCUT2D eigenvalue weighted by Crippen LogP contribution is -2.24. The molecule has 0 atom stereocenters. The van der Waals surface area contributed by atoms with E-state index >= 15 is 0 Å². The Labute approximate surface area is 196 Å². The minimum Gasteiger partial charge on any atom is -0.271 e. The van der Waals surface area contributed by atoms with E-state index < -0.39 is 0 Å². The van der Waals surface area contributed by atoms with Gasteiger partial charge in [-0.05, 0) is 46.5 Å². The summed E-state index contributed by atoms with van der Waals surface area (Å²) in [5.41, 5.74) is 4.51. The lowest BCUT2D eigenvalue weighted by Gasteiger charge is -2.09. The molecule has 0 radical (unpaired) electrons. The molecule has 2 aromatic heterocycles. The maximum atomic E-state index is 13.2. The van der Waals surface area contributed by atoms with Crippen LogP contribution in [0.2, 0.25) is 0 Å². The molecule has 2 heterocycles. The second-order valence-corrected chi connectivity index (χ2v) is 7.76. The number of allylic oxidation sites excluding steroid dienone is 1. The molecule has 0 aliphatic heterocycles. The zero-order valence-corrected chi connectivity index (χ0v) is 18.7. The number of H-pyrrole nitrogens is 1. The molecular formula is C26H23N7O. The highest BCUT2D eigenvalue weighted by Crippen LogP contribution is 2.29. The molecule has 0 fully saturated rings. The van der Waals surface area contributed by atoms with Gasteiger partial charge in [0.15, 0.2) is 5.82 Å². The average Bonchev–Trinajstić information content (AvgIpc) is 3.53. The number of aromatic nitrogens is 7. The van der Waals surface area contributed by atoms with Gasteiger partial charge < -0.3 is 0 Å². The van der Waals surface area contributed by atoms with Crippen LogP contribution in [0, 0.1) is 0 Å². The van der Waals surface area contributed by atoms with Crippen LogP contribution in [0.5, 0.6) is 0 Å². The zero-order valence-electron chi connectivity index (χ0n) is 18.7. The molecular weight excluding hydrogens is 426 g/mol. The Morgan fingerprint density at radius 3 is 2.35 bits per heavy atom. The van der Waals surface area contributed by atoms with Gasteiger partial charge in [-0.25, -0.2) is 4.79 Å². The topological polar surface area (TPSA) is 94.3 Å². The summed E-state index contributed by atoms with van der Waals surface area (Å²) in [6.07, 6.45) is 4.77. The second-order valence-electron chi connectivity index (χ2n) is 7.76. The summed E-state index contributed by atoms with van der Waals surface area (Å²) in [6, 6.07) is 25.5. The largest absolute Gasteiger partial charge is 0.351 e. The van der Waals surface area contributed by atoms with Gasteiger partial charge in [0.1, 0.15) is 0 Å². The Kier molecular flexibility index (Phi) is 5.94. The van der Waals surface area contributed by atoms with Crippen molar-refractivity contribution in [2.75, 3.05) is 0 Å². The standard InChI is InChI=1S/C26H23N7O/c1-2-3-13-24-29-33(21-9-5-4-6-10-21)26(34)32(24)18-19-14-16-20(17-15-19)22-11-7-8-12-23(22)25-27-30-31-28-25/h3-17H,2,18H2,1H3,(H,27,28,30,31)/b13-3+. The molecule has 168 valence electrons. The summed E-state index contributed by atoms with van der Waals surface area (Å²) in [7, 11) is 0. The van der Waals surface area contributed by atoms with E-state index in [1.54, 1.807) is 4.57 Å². The first-order valence-corrected chi connectivity index (χ1v) is 11.1. The molecule has 8 heteroatoms. The molecule has 5 aromatic rings. The third-order valence-corrected chi connectivity index (χ3v) is 5.51. The summed E-state index contributed by atoms with van der Waals surface area (Å²) in [4.78, 5) is 13.2. The van der Waals surface area contributed by atoms with Crippen molar-refractivity contribution in [3.63, 3.8) is 0 Å². The lowest BCUT2D eigenvalue weighted by molar-refractivity contribution is 0.734. The molecule has 1 N–H and O–H groups in total. The van der Waals surface area contributed by atoms with Crippen molar-refractivity contribution < 1.29 is 0 Å². The molecule has 0 amide bonds. The van der Waals surface area contributed by atoms with Gasteiger partial charge >= 0.3 is 5.69 Å². The highest BCUT2D eigenvalue weighted by atomic mass is 16.2. The van der Waals surface area contributed by atoms with E-state index in [2.05, 4.69) is 32.6 Å². The van der Waals surface area contributed by atoms with E-state index in [4.69, 9.17) is 0 Å². The van der Waals surface area contributed by atoms with Gasteiger partial charge in [-0.3, -0.25) is 4.57 Å². The Morgan fingerprint density at radius 1 is 0.912 bits per heavy atom. The number of hydrogen-bond donors (Lipinski definition) is 1. The van der Waals surface area contributed by atoms with Gasteiger partial charge in [0.2, 0.25) is 5.82 Å². The van der Waals surface area contributed by atoms with Gasteiger partial charge in [-0.1, -0.05) is 79.7 Å². The molecule has 0 saturated carbocycles. The van der Waals surface area contributed by atoms with E-state index in [1.165, 1.54) is 4.68 Å². The van der Waals surface area contributed by atoms with Gasteiger partial charge in [-0.15, -0.1) is 15.3 Å². The minimum atomic E-state index is -0.173. The van der Waals surface area contributed by atoms with Crippen LogP contribution >= 0.6 is 0 Å². The van der Waals surface area contributed by atoms with Gasteiger partial charge in [0.05, 0.1) is 12.2 Å². The Bertz CT molecular complexity index is 1460. The van der Waals surface area contributed by atoms with Crippen molar-refractivity contribution in [2.24, 2.45) is 0 Å². The SMILES string of the molecule is CC/C=C/c1nn(-c2ccccc2)c(=O)n1Cc1ccc(-c2ccccc2-c2nn[nH]n2)cc1. The first kappa shape index (κ1) is 21.3. The number of aromatic amines is 1. The summed E-state index contributed by atoms with van der Waals surface area (Å²) in [6.45, 7) is 2.47. The lowest BCUT2D eigenvalue weighted by atomic mass is 9.98.